The first kappa shape index (κ1) is 19.5. The number of carbonyl (C=O) groups is 2. The number of methoxy groups -OCH3 is 1. The van der Waals surface area contributed by atoms with Crippen molar-refractivity contribution in [2.75, 3.05) is 20.3 Å². The number of rotatable bonds is 10. The van der Waals surface area contributed by atoms with E-state index < -0.39 is 5.97 Å². The molecule has 0 aliphatic carbocycles. The zero-order chi connectivity index (χ0) is 17.9. The molecule has 1 aromatic rings. The van der Waals surface area contributed by atoms with Gasteiger partial charge in [0.05, 0.1) is 20.1 Å². The van der Waals surface area contributed by atoms with Gasteiger partial charge in [-0.2, -0.15) is 0 Å². The minimum absolute atomic E-state index is 0.101. The molecule has 24 heavy (non-hydrogen) atoms. The zero-order valence-electron chi connectivity index (χ0n) is 14.4. The summed E-state index contributed by atoms with van der Waals surface area (Å²) in [4.78, 5) is 22.0. The number of ether oxygens (including phenoxy) is 2. The van der Waals surface area contributed by atoms with Crippen LogP contribution in [0.3, 0.4) is 0 Å². The van der Waals surface area contributed by atoms with Gasteiger partial charge in [-0.1, -0.05) is 19.9 Å². The molecule has 0 aliphatic rings. The predicted octanol–water partition coefficient (Wildman–Crippen LogP) is 2.72. The first-order valence-electron chi connectivity index (χ1n) is 7.91. The Balaban J connectivity index is 2.61. The van der Waals surface area contributed by atoms with Crippen molar-refractivity contribution in [2.45, 2.75) is 26.7 Å². The average Bonchev–Trinajstić information content (AvgIpc) is 2.53. The largest absolute Gasteiger partial charge is 0.493 e. The Morgan fingerprint density at radius 3 is 2.67 bits per heavy atom. The van der Waals surface area contributed by atoms with Crippen molar-refractivity contribution in [1.82, 2.24) is 5.32 Å². The standard InChI is InChI=1S/C18H25NO5/c1-13(2)9-11-24-15-6-4-14(12-16(15)23-3)5-7-17(20)19-10-8-18(21)22/h4-7,12-13H,8-11H2,1-3H3,(H,19,20)(H,21,22)/b7-5+. The normalized spacial score (nSPS) is 10.8. The summed E-state index contributed by atoms with van der Waals surface area (Å²) in [5.41, 5.74) is 0.788. The van der Waals surface area contributed by atoms with Crippen LogP contribution in [-0.4, -0.2) is 37.2 Å². The third-order valence-corrected chi connectivity index (χ3v) is 3.21. The number of benzene rings is 1. The van der Waals surface area contributed by atoms with Gasteiger partial charge in [-0.05, 0) is 36.1 Å². The SMILES string of the molecule is COc1cc(/C=C/C(=O)NCCC(=O)O)ccc1OCCC(C)C. The molecule has 1 rings (SSSR count). The maximum atomic E-state index is 11.6. The van der Waals surface area contributed by atoms with E-state index in [1.165, 1.54) is 6.08 Å². The fraction of sp³-hybridized carbons (Fsp3) is 0.444. The third-order valence-electron chi connectivity index (χ3n) is 3.21. The lowest BCUT2D eigenvalue weighted by Gasteiger charge is -2.12. The van der Waals surface area contributed by atoms with Crippen molar-refractivity contribution >= 4 is 18.0 Å². The first-order chi connectivity index (χ1) is 11.4. The second-order valence-electron chi connectivity index (χ2n) is 5.71. The highest BCUT2D eigenvalue weighted by Gasteiger charge is 2.06. The lowest BCUT2D eigenvalue weighted by atomic mass is 10.1. The Bertz CT molecular complexity index is 581. The summed E-state index contributed by atoms with van der Waals surface area (Å²) in [6.07, 6.45) is 3.85. The Labute approximate surface area is 142 Å². The molecule has 0 heterocycles. The van der Waals surface area contributed by atoms with E-state index in [0.717, 1.165) is 12.0 Å². The summed E-state index contributed by atoms with van der Waals surface area (Å²) in [7, 11) is 1.57. The topological polar surface area (TPSA) is 84.9 Å². The molecule has 0 unspecified atom stereocenters. The van der Waals surface area contributed by atoms with E-state index in [4.69, 9.17) is 14.6 Å². The van der Waals surface area contributed by atoms with Crippen LogP contribution in [0.4, 0.5) is 0 Å². The summed E-state index contributed by atoms with van der Waals surface area (Å²) >= 11 is 0. The van der Waals surface area contributed by atoms with Crippen molar-refractivity contribution in [3.8, 4) is 11.5 Å². The maximum absolute atomic E-state index is 11.6. The van der Waals surface area contributed by atoms with Crippen LogP contribution >= 0.6 is 0 Å². The number of hydrogen-bond acceptors (Lipinski definition) is 4. The van der Waals surface area contributed by atoms with Crippen LogP contribution in [-0.2, 0) is 9.59 Å². The average molecular weight is 335 g/mol. The zero-order valence-corrected chi connectivity index (χ0v) is 14.4. The maximum Gasteiger partial charge on any atom is 0.305 e. The molecule has 0 radical (unpaired) electrons. The molecule has 0 spiro atoms. The highest BCUT2D eigenvalue weighted by molar-refractivity contribution is 5.92. The summed E-state index contributed by atoms with van der Waals surface area (Å²) in [5.74, 6) is 0.552. The van der Waals surface area contributed by atoms with Gasteiger partial charge in [-0.25, -0.2) is 0 Å². The van der Waals surface area contributed by atoms with Crippen LogP contribution < -0.4 is 14.8 Å². The Kier molecular flexibility index (Phi) is 8.39. The van der Waals surface area contributed by atoms with Gasteiger partial charge in [0.25, 0.3) is 0 Å². The molecule has 0 aromatic heterocycles. The molecule has 1 aromatic carbocycles. The molecule has 1 amide bonds. The van der Waals surface area contributed by atoms with E-state index in [0.29, 0.717) is 24.0 Å². The molecule has 6 nitrogen and oxygen atoms in total. The van der Waals surface area contributed by atoms with Crippen LogP contribution in [0.25, 0.3) is 6.08 Å². The summed E-state index contributed by atoms with van der Waals surface area (Å²) in [6, 6.07) is 5.42. The molecule has 0 saturated carbocycles. The lowest BCUT2D eigenvalue weighted by molar-refractivity contribution is -0.136. The summed E-state index contributed by atoms with van der Waals surface area (Å²) in [6.45, 7) is 4.99. The van der Waals surface area contributed by atoms with Crippen molar-refractivity contribution in [2.24, 2.45) is 5.92 Å². The lowest BCUT2D eigenvalue weighted by Crippen LogP contribution is -2.23. The smallest absolute Gasteiger partial charge is 0.305 e. The second kappa shape index (κ2) is 10.3. The van der Waals surface area contributed by atoms with Crippen molar-refractivity contribution in [3.05, 3.63) is 29.8 Å². The highest BCUT2D eigenvalue weighted by atomic mass is 16.5. The molecule has 0 aliphatic heterocycles. The van der Waals surface area contributed by atoms with Gasteiger partial charge in [0.15, 0.2) is 11.5 Å². The number of aliphatic carboxylic acids is 1. The first-order valence-corrected chi connectivity index (χ1v) is 7.91. The molecular weight excluding hydrogens is 310 g/mol. The third kappa shape index (κ3) is 7.67. The van der Waals surface area contributed by atoms with Gasteiger partial charge >= 0.3 is 5.97 Å². The minimum atomic E-state index is -0.947. The summed E-state index contributed by atoms with van der Waals surface area (Å²) in [5, 5.41) is 11.0. The Morgan fingerprint density at radius 2 is 2.04 bits per heavy atom. The highest BCUT2D eigenvalue weighted by Crippen LogP contribution is 2.28. The van der Waals surface area contributed by atoms with E-state index in [1.54, 1.807) is 25.3 Å². The fourth-order valence-electron chi connectivity index (χ4n) is 1.84. The molecule has 2 N–H and O–H groups in total. The van der Waals surface area contributed by atoms with Crippen molar-refractivity contribution in [1.29, 1.82) is 0 Å². The minimum Gasteiger partial charge on any atom is -0.493 e. The number of carboxylic acid groups (broad SMARTS) is 1. The fourth-order valence-corrected chi connectivity index (χ4v) is 1.84. The van der Waals surface area contributed by atoms with Gasteiger partial charge in [0.1, 0.15) is 0 Å². The van der Waals surface area contributed by atoms with Crippen LogP contribution in [0.15, 0.2) is 24.3 Å². The Morgan fingerprint density at radius 1 is 1.29 bits per heavy atom. The molecule has 132 valence electrons. The van der Waals surface area contributed by atoms with Gasteiger partial charge in [0.2, 0.25) is 5.91 Å². The number of carboxylic acids is 1. The van der Waals surface area contributed by atoms with Crippen molar-refractivity contribution in [3.63, 3.8) is 0 Å². The van der Waals surface area contributed by atoms with Gasteiger partial charge in [0, 0.05) is 12.6 Å². The second-order valence-corrected chi connectivity index (χ2v) is 5.71. The number of carbonyl (C=O) groups excluding carboxylic acids is 1. The predicted molar refractivity (Wildman–Crippen MR) is 92.2 cm³/mol. The summed E-state index contributed by atoms with van der Waals surface area (Å²) < 4.78 is 11.0. The van der Waals surface area contributed by atoms with Gasteiger partial charge in [-0.15, -0.1) is 0 Å². The molecule has 0 atom stereocenters. The molecule has 0 bridgehead atoms. The quantitative estimate of drug-likeness (QED) is 0.642. The van der Waals surface area contributed by atoms with E-state index in [-0.39, 0.29) is 18.9 Å². The Hall–Kier alpha value is -2.50. The van der Waals surface area contributed by atoms with Gasteiger partial charge < -0.3 is 19.9 Å². The monoisotopic (exact) mass is 335 g/mol. The van der Waals surface area contributed by atoms with Gasteiger partial charge in [-0.3, -0.25) is 9.59 Å². The molecule has 0 saturated heterocycles. The van der Waals surface area contributed by atoms with Crippen LogP contribution in [0.1, 0.15) is 32.3 Å². The van der Waals surface area contributed by atoms with Crippen LogP contribution in [0.5, 0.6) is 11.5 Å². The molecule has 0 fully saturated rings. The number of nitrogens with one attached hydrogen (secondary N) is 1. The molecular formula is C18H25NO5. The molecule has 6 heteroatoms. The van der Waals surface area contributed by atoms with E-state index in [2.05, 4.69) is 19.2 Å². The van der Waals surface area contributed by atoms with E-state index >= 15 is 0 Å². The van der Waals surface area contributed by atoms with E-state index in [1.807, 2.05) is 6.07 Å². The number of hydrogen-bond donors (Lipinski definition) is 2. The van der Waals surface area contributed by atoms with Crippen LogP contribution in [0.2, 0.25) is 0 Å². The van der Waals surface area contributed by atoms with Crippen molar-refractivity contribution < 1.29 is 24.2 Å². The van der Waals surface area contributed by atoms with Crippen LogP contribution in [0, 0.1) is 5.92 Å². The van der Waals surface area contributed by atoms with E-state index in [9.17, 15) is 9.59 Å². The number of amides is 1.